The van der Waals surface area contributed by atoms with Crippen molar-refractivity contribution in [3.05, 3.63) is 35.6 Å². The molecule has 1 aromatic rings. The lowest BCUT2D eigenvalue weighted by atomic mass is 9.78. The lowest BCUT2D eigenvalue weighted by molar-refractivity contribution is -0.0204. The Morgan fingerprint density at radius 1 is 1.17 bits per heavy atom. The van der Waals surface area contributed by atoms with Gasteiger partial charge in [-0.2, -0.15) is 0 Å². The van der Waals surface area contributed by atoms with Crippen LogP contribution in [0.3, 0.4) is 0 Å². The summed E-state index contributed by atoms with van der Waals surface area (Å²) in [5, 5.41) is 10.3. The van der Waals surface area contributed by atoms with Gasteiger partial charge in [-0.15, -0.1) is 0 Å². The molecule has 2 aliphatic rings. The smallest absolute Gasteiger partial charge is 0.128 e. The normalized spacial score (nSPS) is 26.7. The molecule has 1 aromatic carbocycles. The van der Waals surface area contributed by atoms with Gasteiger partial charge in [0.25, 0.3) is 0 Å². The Labute approximate surface area is 138 Å². The molecule has 3 unspecified atom stereocenters. The highest BCUT2D eigenvalue weighted by molar-refractivity contribution is 5.16. The summed E-state index contributed by atoms with van der Waals surface area (Å²) in [4.78, 5) is 2.46. The third-order valence-electron chi connectivity index (χ3n) is 5.33. The summed E-state index contributed by atoms with van der Waals surface area (Å²) in [5.41, 5.74) is 0.546. The van der Waals surface area contributed by atoms with Crippen LogP contribution in [-0.2, 0) is 11.3 Å². The Hall–Kier alpha value is -0.970. The predicted octanol–water partition coefficient (Wildman–Crippen LogP) is 3.36. The standard InChI is InChI=1S/C19H28FNO2/c20-18-9-3-1-7-16(18)13-23-14-17(22)12-21-11-5-8-15-6-2-4-10-19(15)21/h1,3,7,9,15,17,19,22H,2,4-6,8,10-14H2. The van der Waals surface area contributed by atoms with Gasteiger partial charge in [0.15, 0.2) is 0 Å². The van der Waals surface area contributed by atoms with E-state index in [1.165, 1.54) is 44.6 Å². The van der Waals surface area contributed by atoms with Crippen molar-refractivity contribution in [1.29, 1.82) is 0 Å². The molecule has 1 aliphatic carbocycles. The third kappa shape index (κ3) is 4.52. The number of hydrogen-bond donors (Lipinski definition) is 1. The maximum Gasteiger partial charge on any atom is 0.128 e. The van der Waals surface area contributed by atoms with Crippen molar-refractivity contribution >= 4 is 0 Å². The summed E-state index contributed by atoms with van der Waals surface area (Å²) in [6.45, 7) is 2.25. The van der Waals surface area contributed by atoms with Crippen molar-refractivity contribution in [2.45, 2.75) is 57.3 Å². The van der Waals surface area contributed by atoms with E-state index in [0.717, 1.165) is 12.5 Å². The highest BCUT2D eigenvalue weighted by Gasteiger charge is 2.33. The van der Waals surface area contributed by atoms with Gasteiger partial charge in [0.05, 0.1) is 19.3 Å². The van der Waals surface area contributed by atoms with Gasteiger partial charge >= 0.3 is 0 Å². The van der Waals surface area contributed by atoms with Gasteiger partial charge < -0.3 is 9.84 Å². The second-order valence-corrected chi connectivity index (χ2v) is 7.01. The van der Waals surface area contributed by atoms with Crippen molar-refractivity contribution in [2.24, 2.45) is 5.92 Å². The Kier molecular flexibility index (Phi) is 6.03. The van der Waals surface area contributed by atoms with Gasteiger partial charge in [0.1, 0.15) is 5.82 Å². The fourth-order valence-corrected chi connectivity index (χ4v) is 4.20. The molecule has 4 heteroatoms. The van der Waals surface area contributed by atoms with Gasteiger partial charge in [-0.1, -0.05) is 31.0 Å². The van der Waals surface area contributed by atoms with E-state index in [1.807, 2.05) is 0 Å². The molecule has 0 aromatic heterocycles. The summed E-state index contributed by atoms with van der Waals surface area (Å²) >= 11 is 0. The molecule has 0 spiro atoms. The Morgan fingerprint density at radius 3 is 2.83 bits per heavy atom. The fourth-order valence-electron chi connectivity index (χ4n) is 4.20. The minimum Gasteiger partial charge on any atom is -0.389 e. The van der Waals surface area contributed by atoms with Gasteiger partial charge in [0.2, 0.25) is 0 Å². The number of benzene rings is 1. The summed E-state index contributed by atoms with van der Waals surface area (Å²) in [6.07, 6.45) is 7.39. The molecule has 1 saturated carbocycles. The predicted molar refractivity (Wildman–Crippen MR) is 88.6 cm³/mol. The summed E-state index contributed by atoms with van der Waals surface area (Å²) in [5.74, 6) is 0.576. The number of ether oxygens (including phenoxy) is 1. The van der Waals surface area contributed by atoms with E-state index in [-0.39, 0.29) is 19.0 Å². The molecule has 0 radical (unpaired) electrons. The summed E-state index contributed by atoms with van der Waals surface area (Å²) < 4.78 is 19.0. The van der Waals surface area contributed by atoms with Crippen LogP contribution in [-0.4, -0.2) is 41.8 Å². The van der Waals surface area contributed by atoms with Crippen LogP contribution in [0, 0.1) is 11.7 Å². The monoisotopic (exact) mass is 321 g/mol. The molecule has 0 bridgehead atoms. The fraction of sp³-hybridized carbons (Fsp3) is 0.684. The number of halogens is 1. The number of piperidine rings is 1. The number of aliphatic hydroxyl groups is 1. The number of rotatable bonds is 6. The minimum atomic E-state index is -0.498. The molecule has 3 rings (SSSR count). The summed E-state index contributed by atoms with van der Waals surface area (Å²) in [7, 11) is 0. The third-order valence-corrected chi connectivity index (χ3v) is 5.33. The highest BCUT2D eigenvalue weighted by Crippen LogP contribution is 2.35. The zero-order chi connectivity index (χ0) is 16.1. The van der Waals surface area contributed by atoms with E-state index in [9.17, 15) is 9.50 Å². The first-order valence-electron chi connectivity index (χ1n) is 8.97. The first kappa shape index (κ1) is 16.9. The van der Waals surface area contributed by atoms with Crippen LogP contribution in [0.15, 0.2) is 24.3 Å². The second-order valence-electron chi connectivity index (χ2n) is 7.01. The second kappa shape index (κ2) is 8.22. The Balaban J connectivity index is 1.43. The zero-order valence-corrected chi connectivity index (χ0v) is 13.8. The average Bonchev–Trinajstić information content (AvgIpc) is 2.57. The molecule has 1 N–H and O–H groups in total. The van der Waals surface area contributed by atoms with Crippen LogP contribution in [0.4, 0.5) is 4.39 Å². The Bertz CT molecular complexity index is 494. The zero-order valence-electron chi connectivity index (χ0n) is 13.8. The lowest BCUT2D eigenvalue weighted by Crippen LogP contribution is -2.50. The van der Waals surface area contributed by atoms with Crippen LogP contribution >= 0.6 is 0 Å². The molecular formula is C19H28FNO2. The van der Waals surface area contributed by atoms with Gasteiger partial charge in [-0.05, 0) is 44.2 Å². The van der Waals surface area contributed by atoms with Crippen LogP contribution in [0.5, 0.6) is 0 Å². The quantitative estimate of drug-likeness (QED) is 0.872. The van der Waals surface area contributed by atoms with Crippen LogP contribution in [0.1, 0.15) is 44.1 Å². The van der Waals surface area contributed by atoms with E-state index >= 15 is 0 Å². The van der Waals surface area contributed by atoms with Crippen LogP contribution < -0.4 is 0 Å². The number of hydrogen-bond acceptors (Lipinski definition) is 3. The lowest BCUT2D eigenvalue weighted by Gasteiger charge is -2.44. The first-order chi connectivity index (χ1) is 11.2. The topological polar surface area (TPSA) is 32.7 Å². The van der Waals surface area contributed by atoms with Gasteiger partial charge in [-0.3, -0.25) is 4.90 Å². The molecule has 1 saturated heterocycles. The van der Waals surface area contributed by atoms with Crippen molar-refractivity contribution < 1.29 is 14.2 Å². The van der Waals surface area contributed by atoms with E-state index in [4.69, 9.17) is 4.74 Å². The molecule has 0 amide bonds. The van der Waals surface area contributed by atoms with Crippen molar-refractivity contribution in [3.63, 3.8) is 0 Å². The SMILES string of the molecule is OC(COCc1ccccc1F)CN1CCCC2CCCCC21. The van der Waals surface area contributed by atoms with Gasteiger partial charge in [0, 0.05) is 18.2 Å². The molecule has 1 aliphatic heterocycles. The maximum absolute atomic E-state index is 13.5. The molecule has 3 atom stereocenters. The number of nitrogens with zero attached hydrogens (tertiary/aromatic N) is 1. The highest BCUT2D eigenvalue weighted by atomic mass is 19.1. The first-order valence-corrected chi connectivity index (χ1v) is 8.97. The molecule has 1 heterocycles. The van der Waals surface area contributed by atoms with E-state index < -0.39 is 6.10 Å². The summed E-state index contributed by atoms with van der Waals surface area (Å²) in [6, 6.07) is 7.28. The van der Waals surface area contributed by atoms with Crippen molar-refractivity contribution in [1.82, 2.24) is 4.90 Å². The van der Waals surface area contributed by atoms with Crippen molar-refractivity contribution in [3.8, 4) is 0 Å². The Morgan fingerprint density at radius 2 is 1.96 bits per heavy atom. The molecule has 2 fully saturated rings. The molecule has 3 nitrogen and oxygen atoms in total. The molecule has 23 heavy (non-hydrogen) atoms. The average molecular weight is 321 g/mol. The minimum absolute atomic E-state index is 0.218. The maximum atomic E-state index is 13.5. The van der Waals surface area contributed by atoms with Crippen molar-refractivity contribution in [2.75, 3.05) is 19.7 Å². The number of aliphatic hydroxyl groups excluding tert-OH is 1. The largest absolute Gasteiger partial charge is 0.389 e. The van der Waals surface area contributed by atoms with E-state index in [2.05, 4.69) is 4.90 Å². The number of β-amino-alcohol motifs (C(OH)–C–C–N with tert-alkyl or cyclic N) is 1. The van der Waals surface area contributed by atoms with E-state index in [1.54, 1.807) is 18.2 Å². The molecule has 128 valence electrons. The van der Waals surface area contributed by atoms with Crippen LogP contribution in [0.25, 0.3) is 0 Å². The number of likely N-dealkylation sites (tertiary alicyclic amines) is 1. The van der Waals surface area contributed by atoms with Gasteiger partial charge in [-0.25, -0.2) is 4.39 Å². The number of fused-ring (bicyclic) bond motifs is 1. The van der Waals surface area contributed by atoms with Crippen LogP contribution in [0.2, 0.25) is 0 Å². The van der Waals surface area contributed by atoms with E-state index in [0.29, 0.717) is 18.2 Å². The molecular weight excluding hydrogens is 293 g/mol.